The van der Waals surface area contributed by atoms with Crippen LogP contribution in [0.15, 0.2) is 52.0 Å². The fraction of sp³-hybridized carbons (Fsp3) is 0.176. The Morgan fingerprint density at radius 1 is 1.33 bits per heavy atom. The largest absolute Gasteiger partial charge is 0.507 e. The van der Waals surface area contributed by atoms with E-state index >= 15 is 0 Å². The topological polar surface area (TPSA) is 83.0 Å². The average molecular weight is 392 g/mol. The summed E-state index contributed by atoms with van der Waals surface area (Å²) in [5.41, 5.74) is 3.65. The zero-order valence-corrected chi connectivity index (χ0v) is 14.9. The Morgan fingerprint density at radius 3 is 2.83 bits per heavy atom. The number of hydrogen-bond acceptors (Lipinski definition) is 5. The number of hydrazone groups is 1. The molecular formula is C17H18BrN3O3. The fourth-order valence-corrected chi connectivity index (χ4v) is 2.33. The van der Waals surface area contributed by atoms with E-state index in [2.05, 4.69) is 31.8 Å². The molecule has 3 N–H and O–H groups in total. The molecule has 1 amide bonds. The number of phenolic OH excluding ortho intramolecular Hbond substituents is 1. The molecule has 2 aromatic rings. The molecule has 6 nitrogen and oxygen atoms in total. The van der Waals surface area contributed by atoms with E-state index in [4.69, 9.17) is 4.74 Å². The van der Waals surface area contributed by atoms with Crippen LogP contribution >= 0.6 is 15.9 Å². The summed E-state index contributed by atoms with van der Waals surface area (Å²) in [6, 6.07) is 11.8. The molecule has 0 radical (unpaired) electrons. The number of methoxy groups -OCH3 is 1. The third kappa shape index (κ3) is 4.73. The van der Waals surface area contributed by atoms with Crippen molar-refractivity contribution in [3.05, 3.63) is 52.5 Å². The van der Waals surface area contributed by atoms with E-state index < -0.39 is 6.04 Å². The highest BCUT2D eigenvalue weighted by molar-refractivity contribution is 9.10. The number of anilines is 1. The highest BCUT2D eigenvalue weighted by atomic mass is 79.9. The zero-order valence-electron chi connectivity index (χ0n) is 13.3. The molecule has 0 aliphatic rings. The number of ether oxygens (including phenoxy) is 1. The number of carbonyl (C=O) groups is 1. The van der Waals surface area contributed by atoms with Gasteiger partial charge in [-0.05, 0) is 37.3 Å². The van der Waals surface area contributed by atoms with Gasteiger partial charge < -0.3 is 15.2 Å². The molecule has 0 heterocycles. The Bertz CT molecular complexity index is 750. The number of rotatable bonds is 6. The summed E-state index contributed by atoms with van der Waals surface area (Å²) in [6.07, 6.45) is 1.38. The first-order valence-electron chi connectivity index (χ1n) is 7.22. The molecule has 0 saturated heterocycles. The van der Waals surface area contributed by atoms with E-state index in [0.717, 1.165) is 10.2 Å². The number of nitrogens with zero attached hydrogens (tertiary/aromatic N) is 1. The summed E-state index contributed by atoms with van der Waals surface area (Å²) < 4.78 is 6.04. The quantitative estimate of drug-likeness (QED) is 0.521. The lowest BCUT2D eigenvalue weighted by molar-refractivity contribution is -0.121. The van der Waals surface area contributed by atoms with Crippen LogP contribution < -0.4 is 15.5 Å². The van der Waals surface area contributed by atoms with Crippen molar-refractivity contribution in [1.82, 2.24) is 5.43 Å². The standard InChI is InChI=1S/C17H18BrN3O3/c1-11(20-14-5-3-4-6-16(14)24-2)17(23)21-19-10-12-9-13(18)7-8-15(12)22/h3-11,20,22H,1-2H3,(H,21,23)/b19-10+. The van der Waals surface area contributed by atoms with Gasteiger partial charge in [0.25, 0.3) is 5.91 Å². The van der Waals surface area contributed by atoms with Gasteiger partial charge in [0.15, 0.2) is 0 Å². The predicted octanol–water partition coefficient (Wildman–Crippen LogP) is 3.11. The second-order valence-electron chi connectivity index (χ2n) is 5.00. The van der Waals surface area contributed by atoms with Gasteiger partial charge in [-0.25, -0.2) is 5.43 Å². The Balaban J connectivity index is 1.96. The Labute approximate surface area is 148 Å². The summed E-state index contributed by atoms with van der Waals surface area (Å²) in [5, 5.41) is 16.6. The number of hydrogen-bond donors (Lipinski definition) is 3. The minimum Gasteiger partial charge on any atom is -0.507 e. The highest BCUT2D eigenvalue weighted by Crippen LogP contribution is 2.23. The number of phenols is 1. The molecule has 0 fully saturated rings. The number of carbonyl (C=O) groups excluding carboxylic acids is 1. The molecule has 0 bridgehead atoms. The van der Waals surface area contributed by atoms with Crippen LogP contribution in [0.25, 0.3) is 0 Å². The maximum absolute atomic E-state index is 12.1. The number of benzene rings is 2. The first kappa shape index (κ1) is 17.8. The van der Waals surface area contributed by atoms with Gasteiger partial charge in [-0.2, -0.15) is 5.10 Å². The number of para-hydroxylation sites is 2. The molecule has 0 aliphatic carbocycles. The first-order chi connectivity index (χ1) is 11.5. The van der Waals surface area contributed by atoms with Gasteiger partial charge >= 0.3 is 0 Å². The maximum atomic E-state index is 12.1. The lowest BCUT2D eigenvalue weighted by atomic mass is 10.2. The van der Waals surface area contributed by atoms with E-state index in [1.807, 2.05) is 18.2 Å². The van der Waals surface area contributed by atoms with Crippen molar-refractivity contribution in [2.45, 2.75) is 13.0 Å². The van der Waals surface area contributed by atoms with Crippen molar-refractivity contribution in [3.8, 4) is 11.5 Å². The summed E-state index contributed by atoms with van der Waals surface area (Å²) in [5.74, 6) is 0.419. The number of aromatic hydroxyl groups is 1. The second-order valence-corrected chi connectivity index (χ2v) is 5.92. The SMILES string of the molecule is COc1ccccc1NC(C)C(=O)N/N=C/c1cc(Br)ccc1O. The van der Waals surface area contributed by atoms with Crippen LogP contribution in [-0.2, 0) is 4.79 Å². The van der Waals surface area contributed by atoms with E-state index in [1.54, 1.807) is 38.3 Å². The van der Waals surface area contributed by atoms with Crippen LogP contribution in [0.5, 0.6) is 11.5 Å². The van der Waals surface area contributed by atoms with Crippen molar-refractivity contribution >= 4 is 33.7 Å². The van der Waals surface area contributed by atoms with Crippen LogP contribution in [0, 0.1) is 0 Å². The molecule has 1 atom stereocenters. The molecule has 2 rings (SSSR count). The van der Waals surface area contributed by atoms with E-state index in [9.17, 15) is 9.90 Å². The highest BCUT2D eigenvalue weighted by Gasteiger charge is 2.13. The normalized spacial score (nSPS) is 12.0. The minimum atomic E-state index is -0.519. The summed E-state index contributed by atoms with van der Waals surface area (Å²) >= 11 is 3.31. The monoisotopic (exact) mass is 391 g/mol. The fourth-order valence-electron chi connectivity index (χ4n) is 1.95. The van der Waals surface area contributed by atoms with E-state index in [0.29, 0.717) is 11.3 Å². The lowest BCUT2D eigenvalue weighted by Gasteiger charge is -2.15. The predicted molar refractivity (Wildman–Crippen MR) is 97.6 cm³/mol. The average Bonchev–Trinajstić information content (AvgIpc) is 2.58. The van der Waals surface area contributed by atoms with Gasteiger partial charge in [-0.3, -0.25) is 4.79 Å². The van der Waals surface area contributed by atoms with Gasteiger partial charge in [0.1, 0.15) is 17.5 Å². The van der Waals surface area contributed by atoms with Crippen LogP contribution in [-0.4, -0.2) is 30.4 Å². The maximum Gasteiger partial charge on any atom is 0.262 e. The molecule has 0 aliphatic heterocycles. The third-order valence-corrected chi connectivity index (χ3v) is 3.73. The number of nitrogens with one attached hydrogen (secondary N) is 2. The molecule has 0 saturated carbocycles. The third-order valence-electron chi connectivity index (χ3n) is 3.24. The van der Waals surface area contributed by atoms with Crippen molar-refractivity contribution in [3.63, 3.8) is 0 Å². The van der Waals surface area contributed by atoms with Gasteiger partial charge in [0.2, 0.25) is 0 Å². The van der Waals surface area contributed by atoms with E-state index in [-0.39, 0.29) is 11.7 Å². The van der Waals surface area contributed by atoms with Crippen molar-refractivity contribution in [2.75, 3.05) is 12.4 Å². The van der Waals surface area contributed by atoms with Gasteiger partial charge in [-0.1, -0.05) is 28.1 Å². The molecule has 0 aromatic heterocycles. The van der Waals surface area contributed by atoms with E-state index in [1.165, 1.54) is 6.21 Å². The number of amides is 1. The smallest absolute Gasteiger partial charge is 0.262 e. The van der Waals surface area contributed by atoms with Crippen LogP contribution in [0.3, 0.4) is 0 Å². The Hall–Kier alpha value is -2.54. The minimum absolute atomic E-state index is 0.0800. The Morgan fingerprint density at radius 2 is 2.08 bits per heavy atom. The van der Waals surface area contributed by atoms with Gasteiger partial charge in [0.05, 0.1) is 19.0 Å². The molecule has 126 valence electrons. The molecular weight excluding hydrogens is 374 g/mol. The van der Waals surface area contributed by atoms with Crippen molar-refractivity contribution in [2.24, 2.45) is 5.10 Å². The van der Waals surface area contributed by atoms with Crippen LogP contribution in [0.1, 0.15) is 12.5 Å². The summed E-state index contributed by atoms with van der Waals surface area (Å²) in [7, 11) is 1.57. The molecule has 7 heteroatoms. The van der Waals surface area contributed by atoms with Crippen LogP contribution in [0.4, 0.5) is 5.69 Å². The zero-order chi connectivity index (χ0) is 17.5. The summed E-state index contributed by atoms with van der Waals surface area (Å²) in [6.45, 7) is 1.72. The van der Waals surface area contributed by atoms with Gasteiger partial charge in [0, 0.05) is 10.0 Å². The number of halogens is 1. The molecule has 24 heavy (non-hydrogen) atoms. The van der Waals surface area contributed by atoms with Crippen molar-refractivity contribution < 1.29 is 14.6 Å². The Kier molecular flexibility index (Phi) is 6.20. The lowest BCUT2D eigenvalue weighted by Crippen LogP contribution is -2.35. The first-order valence-corrected chi connectivity index (χ1v) is 8.01. The second kappa shape index (κ2) is 8.35. The molecule has 1 unspecified atom stereocenters. The molecule has 2 aromatic carbocycles. The van der Waals surface area contributed by atoms with Crippen molar-refractivity contribution in [1.29, 1.82) is 0 Å². The summed E-state index contributed by atoms with van der Waals surface area (Å²) in [4.78, 5) is 12.1. The van der Waals surface area contributed by atoms with Gasteiger partial charge in [-0.15, -0.1) is 0 Å². The molecule has 0 spiro atoms. The van der Waals surface area contributed by atoms with Crippen LogP contribution in [0.2, 0.25) is 0 Å².